The highest BCUT2D eigenvalue weighted by molar-refractivity contribution is 5.86. The fourth-order valence-corrected chi connectivity index (χ4v) is 5.51. The fraction of sp³-hybridized carbons (Fsp3) is 0.243. The number of nitrogens with zero attached hydrogens (tertiary/aromatic N) is 3. The molecule has 10 nitrogen and oxygen atoms in total. The van der Waals surface area contributed by atoms with Gasteiger partial charge in [-0.2, -0.15) is 4.98 Å². The number of carbonyl (C=O) groups excluding carboxylic acids is 1. The average Bonchev–Trinajstić information content (AvgIpc) is 3.08. The Hall–Kier alpha value is -5.64. The van der Waals surface area contributed by atoms with Crippen LogP contribution < -0.4 is 15.7 Å². The molecular formula is C37H38N4O6. The van der Waals surface area contributed by atoms with Crippen molar-refractivity contribution >= 4 is 28.9 Å². The van der Waals surface area contributed by atoms with Gasteiger partial charge in [0.25, 0.3) is 6.01 Å². The summed E-state index contributed by atoms with van der Waals surface area (Å²) in [6, 6.07) is 29.1. The number of amides is 2. The second-order valence-electron chi connectivity index (χ2n) is 11.3. The molecule has 10 heteroatoms. The zero-order chi connectivity index (χ0) is 33.3. The van der Waals surface area contributed by atoms with Crippen LogP contribution in [0.4, 0.5) is 10.8 Å². The van der Waals surface area contributed by atoms with Gasteiger partial charge in [-0.25, -0.2) is 9.59 Å². The van der Waals surface area contributed by atoms with Crippen LogP contribution in [0, 0.1) is 6.92 Å². The second kappa shape index (κ2) is 15.1. The van der Waals surface area contributed by atoms with Crippen LogP contribution in [-0.2, 0) is 30.8 Å². The molecule has 0 fully saturated rings. The normalized spacial score (nSPS) is 11.6. The van der Waals surface area contributed by atoms with Gasteiger partial charge in [0, 0.05) is 32.6 Å². The number of carboxylic acid groups (broad SMARTS) is 1. The topological polar surface area (TPSA) is 125 Å². The summed E-state index contributed by atoms with van der Waals surface area (Å²) < 4.78 is 11.0. The molecule has 1 heterocycles. The van der Waals surface area contributed by atoms with Crippen LogP contribution in [0.25, 0.3) is 10.9 Å². The quantitative estimate of drug-likeness (QED) is 0.156. The molecule has 5 rings (SSSR count). The van der Waals surface area contributed by atoms with Gasteiger partial charge in [0.2, 0.25) is 5.91 Å². The van der Waals surface area contributed by atoms with E-state index >= 15 is 0 Å². The third-order valence-corrected chi connectivity index (χ3v) is 8.12. The van der Waals surface area contributed by atoms with Crippen LogP contribution in [0.3, 0.4) is 0 Å². The van der Waals surface area contributed by atoms with Crippen molar-refractivity contribution in [3.63, 3.8) is 0 Å². The molecule has 5 aromatic rings. The molecule has 1 atom stereocenters. The highest BCUT2D eigenvalue weighted by Crippen LogP contribution is 2.23. The average molecular weight is 635 g/mol. The third-order valence-electron chi connectivity index (χ3n) is 8.12. The highest BCUT2D eigenvalue weighted by Gasteiger charge is 2.26. The number of hydrogen-bond acceptors (Lipinski definition) is 7. The molecule has 2 N–H and O–H groups in total. The summed E-state index contributed by atoms with van der Waals surface area (Å²) in [7, 11) is 1.59. The van der Waals surface area contributed by atoms with Crippen molar-refractivity contribution in [2.75, 3.05) is 19.0 Å². The molecular weight excluding hydrogens is 596 g/mol. The van der Waals surface area contributed by atoms with Crippen LogP contribution in [0.5, 0.6) is 5.75 Å². The van der Waals surface area contributed by atoms with E-state index in [4.69, 9.17) is 9.15 Å². The number of aromatic nitrogens is 1. The number of nitrogens with one attached hydrogen (secondary N) is 1. The van der Waals surface area contributed by atoms with E-state index in [1.165, 1.54) is 4.90 Å². The molecule has 0 saturated carbocycles. The Labute approximate surface area is 273 Å². The number of benzene rings is 4. The van der Waals surface area contributed by atoms with E-state index in [2.05, 4.69) is 10.3 Å². The van der Waals surface area contributed by atoms with E-state index in [0.717, 1.165) is 16.7 Å². The van der Waals surface area contributed by atoms with Gasteiger partial charge in [0.1, 0.15) is 11.8 Å². The standard InChI is InChI=1S/C37H38N4O6/c1-4-40(22-27-11-7-5-8-12-27)34(42)32(21-26-15-18-30(46-3)19-16-26)39-36-38-31-20-17-29(25(2)33(31)35(43)47-36)24-41(37(44)45)23-28-13-9-6-10-14-28/h5-20,32H,4,21-24H2,1-3H3,(H,38,39)(H,44,45). The van der Waals surface area contributed by atoms with Gasteiger partial charge in [0.05, 0.1) is 18.0 Å². The Morgan fingerprint density at radius 2 is 1.47 bits per heavy atom. The van der Waals surface area contributed by atoms with Crippen molar-refractivity contribution in [3.05, 3.63) is 135 Å². The number of anilines is 1. The lowest BCUT2D eigenvalue weighted by Gasteiger charge is -2.27. The van der Waals surface area contributed by atoms with Crippen LogP contribution in [0.2, 0.25) is 0 Å². The fourth-order valence-electron chi connectivity index (χ4n) is 5.51. The molecule has 47 heavy (non-hydrogen) atoms. The van der Waals surface area contributed by atoms with Gasteiger partial charge >= 0.3 is 11.7 Å². The van der Waals surface area contributed by atoms with Gasteiger partial charge in [-0.05, 0) is 59.9 Å². The van der Waals surface area contributed by atoms with Crippen LogP contribution in [0.15, 0.2) is 106 Å². The van der Waals surface area contributed by atoms with Crippen LogP contribution in [0.1, 0.15) is 34.7 Å². The molecule has 0 bridgehead atoms. The number of methoxy groups -OCH3 is 1. The van der Waals surface area contributed by atoms with Gasteiger partial charge < -0.3 is 24.5 Å². The third kappa shape index (κ3) is 8.15. The van der Waals surface area contributed by atoms with Gasteiger partial charge in [-0.3, -0.25) is 9.69 Å². The molecule has 0 saturated heterocycles. The van der Waals surface area contributed by atoms with Crippen LogP contribution in [-0.4, -0.2) is 51.6 Å². The number of rotatable bonds is 13. The first kappa shape index (κ1) is 32.7. The highest BCUT2D eigenvalue weighted by atomic mass is 16.5. The second-order valence-corrected chi connectivity index (χ2v) is 11.3. The minimum absolute atomic E-state index is 0.0754. The van der Waals surface area contributed by atoms with Crippen molar-refractivity contribution in [1.29, 1.82) is 0 Å². The zero-order valence-electron chi connectivity index (χ0n) is 26.7. The maximum absolute atomic E-state index is 14.0. The van der Waals surface area contributed by atoms with E-state index in [9.17, 15) is 19.5 Å². The Balaban J connectivity index is 1.43. The maximum atomic E-state index is 14.0. The molecule has 0 spiro atoms. The number of likely N-dealkylation sites (N-methyl/N-ethyl adjacent to an activating group) is 1. The molecule has 1 unspecified atom stereocenters. The van der Waals surface area contributed by atoms with Gasteiger partial charge in [-0.15, -0.1) is 0 Å². The van der Waals surface area contributed by atoms with E-state index in [1.54, 1.807) is 31.1 Å². The lowest BCUT2D eigenvalue weighted by atomic mass is 10.0. The van der Waals surface area contributed by atoms with Crippen molar-refractivity contribution in [2.45, 2.75) is 45.9 Å². The Morgan fingerprint density at radius 1 is 0.851 bits per heavy atom. The molecule has 2 amide bonds. The summed E-state index contributed by atoms with van der Waals surface area (Å²) in [5.74, 6) is 0.530. The van der Waals surface area contributed by atoms with Crippen molar-refractivity contribution in [3.8, 4) is 5.75 Å². The first-order valence-corrected chi connectivity index (χ1v) is 15.4. The molecule has 0 radical (unpaired) electrons. The summed E-state index contributed by atoms with van der Waals surface area (Å²) in [4.78, 5) is 47.1. The van der Waals surface area contributed by atoms with Crippen molar-refractivity contribution in [2.24, 2.45) is 0 Å². The lowest BCUT2D eigenvalue weighted by Crippen LogP contribution is -2.44. The summed E-state index contributed by atoms with van der Waals surface area (Å²) >= 11 is 0. The first-order chi connectivity index (χ1) is 22.7. The number of hydrogen-bond donors (Lipinski definition) is 2. The number of carbonyl (C=O) groups is 2. The number of aryl methyl sites for hydroxylation is 1. The first-order valence-electron chi connectivity index (χ1n) is 15.4. The summed E-state index contributed by atoms with van der Waals surface area (Å²) in [6.45, 7) is 4.86. The molecule has 4 aromatic carbocycles. The minimum atomic E-state index is -1.07. The predicted octanol–water partition coefficient (Wildman–Crippen LogP) is 6.26. The Morgan fingerprint density at radius 3 is 2.04 bits per heavy atom. The Bertz CT molecular complexity index is 1880. The lowest BCUT2D eigenvalue weighted by molar-refractivity contribution is -0.132. The molecule has 1 aromatic heterocycles. The van der Waals surface area contributed by atoms with E-state index < -0.39 is 17.8 Å². The Kier molecular flexibility index (Phi) is 10.5. The monoisotopic (exact) mass is 634 g/mol. The van der Waals surface area contributed by atoms with E-state index in [-0.39, 0.29) is 30.4 Å². The molecule has 242 valence electrons. The summed E-state index contributed by atoms with van der Waals surface area (Å²) in [5.41, 5.74) is 3.73. The number of ether oxygens (including phenoxy) is 1. The largest absolute Gasteiger partial charge is 0.497 e. The molecule has 0 aliphatic rings. The number of fused-ring (bicyclic) bond motifs is 1. The van der Waals surface area contributed by atoms with Gasteiger partial charge in [0.15, 0.2) is 0 Å². The smallest absolute Gasteiger partial charge is 0.407 e. The van der Waals surface area contributed by atoms with E-state index in [0.29, 0.717) is 41.9 Å². The molecule has 0 aliphatic carbocycles. The van der Waals surface area contributed by atoms with Crippen LogP contribution >= 0.6 is 0 Å². The summed E-state index contributed by atoms with van der Waals surface area (Å²) in [6.07, 6.45) is -0.763. The summed E-state index contributed by atoms with van der Waals surface area (Å²) in [5, 5.41) is 13.3. The van der Waals surface area contributed by atoms with Crippen molar-refractivity contribution < 1.29 is 23.8 Å². The zero-order valence-corrected chi connectivity index (χ0v) is 26.7. The van der Waals surface area contributed by atoms with Crippen molar-refractivity contribution in [1.82, 2.24) is 14.8 Å². The minimum Gasteiger partial charge on any atom is -0.497 e. The van der Waals surface area contributed by atoms with Gasteiger partial charge in [-0.1, -0.05) is 78.9 Å². The SMILES string of the molecule is CCN(Cc1ccccc1)C(=O)C(Cc1ccc(OC)cc1)Nc1nc2ccc(CN(Cc3ccccc3)C(=O)O)c(C)c2c(=O)o1. The molecule has 0 aliphatic heterocycles. The predicted molar refractivity (Wildman–Crippen MR) is 180 cm³/mol. The maximum Gasteiger partial charge on any atom is 0.407 e. The van der Waals surface area contributed by atoms with E-state index in [1.807, 2.05) is 91.9 Å².